The van der Waals surface area contributed by atoms with E-state index in [1.165, 1.54) is 5.56 Å². The second kappa shape index (κ2) is 5.99. The predicted octanol–water partition coefficient (Wildman–Crippen LogP) is 1.36. The van der Waals surface area contributed by atoms with Crippen molar-refractivity contribution in [2.45, 2.75) is 38.4 Å². The lowest BCUT2D eigenvalue weighted by atomic mass is 9.96. The van der Waals surface area contributed by atoms with Crippen LogP contribution in [0, 0.1) is 0 Å². The van der Waals surface area contributed by atoms with Crippen LogP contribution in [-0.2, 0) is 6.54 Å². The van der Waals surface area contributed by atoms with E-state index in [1.54, 1.807) is 6.20 Å². The van der Waals surface area contributed by atoms with Crippen LogP contribution in [0.25, 0.3) is 0 Å². The highest BCUT2D eigenvalue weighted by Gasteiger charge is 2.35. The molecular formula is C15H25N3O. The standard InChI is InChI=1S/C15H25N3O/c1-15(2)6-8-17(3)11-14(12-19)18(15)10-13-5-4-7-16-9-13/h4-5,7,9,14,19H,6,8,10-12H2,1-3H3. The van der Waals surface area contributed by atoms with Gasteiger partial charge in [-0.25, -0.2) is 0 Å². The van der Waals surface area contributed by atoms with Gasteiger partial charge in [0.2, 0.25) is 0 Å². The van der Waals surface area contributed by atoms with Crippen molar-refractivity contribution in [1.29, 1.82) is 0 Å². The summed E-state index contributed by atoms with van der Waals surface area (Å²) in [6.07, 6.45) is 4.83. The molecule has 0 aliphatic carbocycles. The van der Waals surface area contributed by atoms with Gasteiger partial charge in [0, 0.05) is 37.1 Å². The van der Waals surface area contributed by atoms with Gasteiger partial charge in [-0.2, -0.15) is 0 Å². The molecule has 106 valence electrons. The highest BCUT2D eigenvalue weighted by molar-refractivity contribution is 5.10. The maximum absolute atomic E-state index is 9.73. The summed E-state index contributed by atoms with van der Waals surface area (Å²) in [7, 11) is 2.13. The number of aromatic nitrogens is 1. The lowest BCUT2D eigenvalue weighted by molar-refractivity contribution is 0.0343. The Hall–Kier alpha value is -0.970. The first-order valence-electron chi connectivity index (χ1n) is 6.98. The summed E-state index contributed by atoms with van der Waals surface area (Å²) in [5.41, 5.74) is 1.30. The van der Waals surface area contributed by atoms with Gasteiger partial charge in [0.05, 0.1) is 6.61 Å². The summed E-state index contributed by atoms with van der Waals surface area (Å²) in [6.45, 7) is 7.58. The van der Waals surface area contributed by atoms with E-state index in [0.29, 0.717) is 0 Å². The molecule has 0 radical (unpaired) electrons. The van der Waals surface area contributed by atoms with E-state index < -0.39 is 0 Å². The monoisotopic (exact) mass is 263 g/mol. The lowest BCUT2D eigenvalue weighted by Crippen LogP contribution is -2.51. The molecule has 0 spiro atoms. The zero-order valence-electron chi connectivity index (χ0n) is 12.2. The second-order valence-corrected chi connectivity index (χ2v) is 6.15. The summed E-state index contributed by atoms with van der Waals surface area (Å²) in [5, 5.41) is 9.73. The van der Waals surface area contributed by atoms with Gasteiger partial charge >= 0.3 is 0 Å². The van der Waals surface area contributed by atoms with E-state index in [2.05, 4.69) is 41.7 Å². The molecule has 1 saturated heterocycles. The number of aliphatic hydroxyl groups excluding tert-OH is 1. The first-order valence-corrected chi connectivity index (χ1v) is 6.98. The van der Waals surface area contributed by atoms with Crippen molar-refractivity contribution in [1.82, 2.24) is 14.8 Å². The Morgan fingerprint density at radius 2 is 2.26 bits per heavy atom. The third-order valence-electron chi connectivity index (χ3n) is 4.13. The van der Waals surface area contributed by atoms with Gasteiger partial charge in [-0.15, -0.1) is 0 Å². The number of nitrogens with zero attached hydrogens (tertiary/aromatic N) is 3. The molecule has 1 fully saturated rings. The topological polar surface area (TPSA) is 39.6 Å². The average molecular weight is 263 g/mol. The molecule has 1 N–H and O–H groups in total. The van der Waals surface area contributed by atoms with Crippen LogP contribution in [0.4, 0.5) is 0 Å². The molecule has 2 heterocycles. The number of pyridine rings is 1. The van der Waals surface area contributed by atoms with Gasteiger partial charge in [-0.1, -0.05) is 6.07 Å². The van der Waals surface area contributed by atoms with Crippen LogP contribution in [0.5, 0.6) is 0 Å². The van der Waals surface area contributed by atoms with Crippen LogP contribution >= 0.6 is 0 Å². The molecule has 1 aromatic rings. The fourth-order valence-corrected chi connectivity index (χ4v) is 2.84. The van der Waals surface area contributed by atoms with Crippen molar-refractivity contribution in [2.75, 3.05) is 26.7 Å². The molecule has 1 atom stereocenters. The molecule has 0 amide bonds. The molecule has 4 nitrogen and oxygen atoms in total. The summed E-state index contributed by atoms with van der Waals surface area (Å²) >= 11 is 0. The Labute approximate surface area is 116 Å². The predicted molar refractivity (Wildman–Crippen MR) is 76.8 cm³/mol. The first kappa shape index (κ1) is 14.4. The molecule has 1 aliphatic heterocycles. The van der Waals surface area contributed by atoms with Gasteiger partial charge in [0.25, 0.3) is 0 Å². The highest BCUT2D eigenvalue weighted by Crippen LogP contribution is 2.27. The van der Waals surface area contributed by atoms with Crippen LogP contribution in [0.3, 0.4) is 0 Å². The van der Waals surface area contributed by atoms with Crippen molar-refractivity contribution in [3.05, 3.63) is 30.1 Å². The van der Waals surface area contributed by atoms with Crippen LogP contribution in [0.15, 0.2) is 24.5 Å². The van der Waals surface area contributed by atoms with E-state index >= 15 is 0 Å². The minimum Gasteiger partial charge on any atom is -0.395 e. The maximum atomic E-state index is 9.73. The zero-order valence-corrected chi connectivity index (χ0v) is 12.2. The Bertz CT molecular complexity index is 394. The Morgan fingerprint density at radius 3 is 2.89 bits per heavy atom. The van der Waals surface area contributed by atoms with Crippen molar-refractivity contribution in [3.8, 4) is 0 Å². The fraction of sp³-hybridized carbons (Fsp3) is 0.667. The number of aliphatic hydroxyl groups is 1. The molecule has 0 bridgehead atoms. The number of hydrogen-bond acceptors (Lipinski definition) is 4. The number of rotatable bonds is 3. The van der Waals surface area contributed by atoms with Gasteiger partial charge in [0.1, 0.15) is 0 Å². The molecule has 4 heteroatoms. The normalized spacial score (nSPS) is 25.2. The summed E-state index contributed by atoms with van der Waals surface area (Å²) in [5.74, 6) is 0. The number of hydrogen-bond donors (Lipinski definition) is 1. The quantitative estimate of drug-likeness (QED) is 0.894. The minimum absolute atomic E-state index is 0.0913. The van der Waals surface area contributed by atoms with Crippen LogP contribution in [0.2, 0.25) is 0 Å². The molecule has 2 rings (SSSR count). The molecule has 1 unspecified atom stereocenters. The molecule has 0 aromatic carbocycles. The van der Waals surface area contributed by atoms with E-state index in [-0.39, 0.29) is 18.2 Å². The summed E-state index contributed by atoms with van der Waals surface area (Å²) in [6, 6.07) is 4.26. The van der Waals surface area contributed by atoms with Crippen LogP contribution in [-0.4, -0.2) is 58.2 Å². The fourth-order valence-electron chi connectivity index (χ4n) is 2.84. The molecule has 0 saturated carbocycles. The van der Waals surface area contributed by atoms with Crippen LogP contribution < -0.4 is 0 Å². The molecule has 1 aromatic heterocycles. The smallest absolute Gasteiger partial charge is 0.0599 e. The second-order valence-electron chi connectivity index (χ2n) is 6.15. The Kier molecular flexibility index (Phi) is 4.55. The summed E-state index contributed by atoms with van der Waals surface area (Å²) in [4.78, 5) is 8.92. The first-order chi connectivity index (χ1) is 9.03. The van der Waals surface area contributed by atoms with Crippen molar-refractivity contribution in [2.24, 2.45) is 0 Å². The zero-order chi connectivity index (χ0) is 13.9. The van der Waals surface area contributed by atoms with Gasteiger partial charge < -0.3 is 10.0 Å². The van der Waals surface area contributed by atoms with E-state index in [9.17, 15) is 5.11 Å². The third kappa shape index (κ3) is 3.53. The molecule has 19 heavy (non-hydrogen) atoms. The van der Waals surface area contributed by atoms with Gasteiger partial charge in [-0.3, -0.25) is 9.88 Å². The Morgan fingerprint density at radius 1 is 1.47 bits per heavy atom. The van der Waals surface area contributed by atoms with Crippen LogP contribution in [0.1, 0.15) is 25.8 Å². The van der Waals surface area contributed by atoms with Gasteiger partial charge in [-0.05, 0) is 45.5 Å². The average Bonchev–Trinajstić information content (AvgIpc) is 2.51. The van der Waals surface area contributed by atoms with Gasteiger partial charge in [0.15, 0.2) is 0 Å². The SMILES string of the molecule is CN1CCC(C)(C)N(Cc2cccnc2)C(CO)C1. The highest BCUT2D eigenvalue weighted by atomic mass is 16.3. The summed E-state index contributed by atoms with van der Waals surface area (Å²) < 4.78 is 0. The maximum Gasteiger partial charge on any atom is 0.0599 e. The van der Waals surface area contributed by atoms with E-state index in [0.717, 1.165) is 26.1 Å². The van der Waals surface area contributed by atoms with E-state index in [1.807, 2.05) is 12.3 Å². The molecular weight excluding hydrogens is 238 g/mol. The largest absolute Gasteiger partial charge is 0.395 e. The minimum atomic E-state index is 0.0913. The molecule has 1 aliphatic rings. The van der Waals surface area contributed by atoms with Crippen molar-refractivity contribution >= 4 is 0 Å². The van der Waals surface area contributed by atoms with E-state index in [4.69, 9.17) is 0 Å². The van der Waals surface area contributed by atoms with Crippen molar-refractivity contribution in [3.63, 3.8) is 0 Å². The third-order valence-corrected chi connectivity index (χ3v) is 4.13. The lowest BCUT2D eigenvalue weighted by Gasteiger charge is -2.41. The van der Waals surface area contributed by atoms with Crippen molar-refractivity contribution < 1.29 is 5.11 Å². The number of likely N-dealkylation sites (N-methyl/N-ethyl adjacent to an activating group) is 1. The Balaban J connectivity index is 2.21.